The average Bonchev–Trinajstić information content (AvgIpc) is 3.23. The fourth-order valence-corrected chi connectivity index (χ4v) is 3.22. The van der Waals surface area contributed by atoms with Gasteiger partial charge >= 0.3 is 12.2 Å². The van der Waals surface area contributed by atoms with E-state index in [4.69, 9.17) is 10.5 Å². The van der Waals surface area contributed by atoms with Crippen molar-refractivity contribution >= 4 is 23.1 Å². The third kappa shape index (κ3) is 4.13. The van der Waals surface area contributed by atoms with Crippen LogP contribution in [0.5, 0.6) is 6.01 Å². The van der Waals surface area contributed by atoms with Crippen LogP contribution in [0.1, 0.15) is 28.3 Å². The maximum Gasteiger partial charge on any atom is 0.412 e. The molecule has 0 saturated heterocycles. The minimum Gasteiger partial charge on any atom is -0.426 e. The molecular formula is C16H16F3N5O2S. The smallest absolute Gasteiger partial charge is 0.412 e. The molecule has 0 saturated carbocycles. The molecule has 0 spiro atoms. The highest BCUT2D eigenvalue weighted by Gasteiger charge is 2.34. The Morgan fingerprint density at radius 1 is 1.48 bits per heavy atom. The number of alkyl halides is 3. The van der Waals surface area contributed by atoms with E-state index in [1.807, 2.05) is 0 Å². The predicted octanol–water partition coefficient (Wildman–Crippen LogP) is 3.07. The Morgan fingerprint density at radius 3 is 2.85 bits per heavy atom. The van der Waals surface area contributed by atoms with Crippen LogP contribution in [0.3, 0.4) is 0 Å². The lowest BCUT2D eigenvalue weighted by Gasteiger charge is -2.17. The van der Waals surface area contributed by atoms with Gasteiger partial charge in [-0.2, -0.15) is 18.2 Å². The van der Waals surface area contributed by atoms with Gasteiger partial charge in [0, 0.05) is 24.2 Å². The van der Waals surface area contributed by atoms with Crippen LogP contribution in [-0.4, -0.2) is 33.7 Å². The number of ether oxygens (including phenoxy) is 1. The van der Waals surface area contributed by atoms with Gasteiger partial charge in [0.2, 0.25) is 0 Å². The molecule has 11 heteroatoms. The highest BCUT2D eigenvalue weighted by Crippen LogP contribution is 2.34. The Kier molecular flexibility index (Phi) is 5.22. The third-order valence-electron chi connectivity index (χ3n) is 3.83. The van der Waals surface area contributed by atoms with Crippen LogP contribution in [0.25, 0.3) is 0 Å². The number of imidazole rings is 1. The Morgan fingerprint density at radius 2 is 2.26 bits per heavy atom. The number of allylic oxidation sites excluding steroid dienone is 3. The van der Waals surface area contributed by atoms with Crippen LogP contribution in [0, 0.1) is 0 Å². The van der Waals surface area contributed by atoms with E-state index in [0.717, 1.165) is 6.08 Å². The number of nitrogens with zero attached hydrogens (tertiary/aromatic N) is 3. The second kappa shape index (κ2) is 7.43. The Bertz CT molecular complexity index is 900. The summed E-state index contributed by atoms with van der Waals surface area (Å²) in [5, 5.41) is 5.16. The second-order valence-electron chi connectivity index (χ2n) is 5.63. The number of carbonyl (C=O) groups excluding carboxylic acids is 1. The van der Waals surface area contributed by atoms with E-state index in [9.17, 15) is 18.0 Å². The van der Waals surface area contributed by atoms with Gasteiger partial charge in [0.15, 0.2) is 11.5 Å². The molecule has 1 aliphatic rings. The van der Waals surface area contributed by atoms with Gasteiger partial charge < -0.3 is 15.8 Å². The van der Waals surface area contributed by atoms with E-state index < -0.39 is 17.7 Å². The van der Waals surface area contributed by atoms with Crippen LogP contribution in [0.15, 0.2) is 35.1 Å². The number of carbonyl (C=O) groups is 1. The molecule has 2 aromatic rings. The second-order valence-corrected chi connectivity index (χ2v) is 6.61. The molecule has 0 bridgehead atoms. The Labute approximate surface area is 156 Å². The van der Waals surface area contributed by atoms with E-state index >= 15 is 0 Å². The van der Waals surface area contributed by atoms with Crippen molar-refractivity contribution < 1.29 is 22.7 Å². The summed E-state index contributed by atoms with van der Waals surface area (Å²) in [4.78, 5) is 20.2. The number of rotatable bonds is 6. The molecule has 1 aliphatic carbocycles. The minimum atomic E-state index is -4.42. The molecule has 7 nitrogen and oxygen atoms in total. The van der Waals surface area contributed by atoms with Gasteiger partial charge in [-0.15, -0.1) is 11.3 Å². The molecule has 27 heavy (non-hydrogen) atoms. The number of anilines is 1. The van der Waals surface area contributed by atoms with Crippen molar-refractivity contribution in [1.29, 1.82) is 0 Å². The average molecular weight is 399 g/mol. The van der Waals surface area contributed by atoms with E-state index in [1.54, 1.807) is 24.7 Å². The largest absolute Gasteiger partial charge is 0.426 e. The quantitative estimate of drug-likeness (QED) is 0.778. The van der Waals surface area contributed by atoms with Gasteiger partial charge in [0.25, 0.3) is 5.91 Å². The Hall–Kier alpha value is -2.82. The fourth-order valence-electron chi connectivity index (χ4n) is 2.62. The number of nitrogens with two attached hydrogens (primary N) is 1. The zero-order valence-electron chi connectivity index (χ0n) is 14.2. The van der Waals surface area contributed by atoms with Crippen molar-refractivity contribution in [3.8, 4) is 6.01 Å². The van der Waals surface area contributed by atoms with E-state index in [2.05, 4.69) is 15.3 Å². The normalized spacial score (nSPS) is 14.5. The summed E-state index contributed by atoms with van der Waals surface area (Å²) in [6.07, 6.45) is -0.265. The molecule has 3 N–H and O–H groups in total. The molecule has 0 radical (unpaired) electrons. The molecule has 2 aromatic heterocycles. The first-order valence-electron chi connectivity index (χ1n) is 7.91. The van der Waals surface area contributed by atoms with Gasteiger partial charge in [-0.25, -0.2) is 4.98 Å². The number of nitrogens with one attached hydrogen (secondary N) is 1. The molecule has 2 heterocycles. The molecule has 0 unspecified atom stereocenters. The summed E-state index contributed by atoms with van der Waals surface area (Å²) < 4.78 is 45.9. The van der Waals surface area contributed by atoms with E-state index in [1.165, 1.54) is 15.9 Å². The SMILES string of the molecule is CNc1nc(OC2=CCCC(C(F)(F)F)=C2)n(Cc2nccs2)c1C(N)=O. The number of hydrogen-bond donors (Lipinski definition) is 2. The highest BCUT2D eigenvalue weighted by atomic mass is 32.1. The first kappa shape index (κ1) is 19.0. The van der Waals surface area contributed by atoms with Crippen molar-refractivity contribution in [2.45, 2.75) is 25.6 Å². The van der Waals surface area contributed by atoms with Crippen molar-refractivity contribution in [3.63, 3.8) is 0 Å². The summed E-state index contributed by atoms with van der Waals surface area (Å²) in [6.45, 7) is 0.142. The maximum absolute atomic E-state index is 13.0. The number of primary amides is 1. The van der Waals surface area contributed by atoms with Crippen LogP contribution >= 0.6 is 11.3 Å². The maximum atomic E-state index is 13.0. The minimum absolute atomic E-state index is 0.0117. The Balaban J connectivity index is 1.98. The summed E-state index contributed by atoms with van der Waals surface area (Å²) in [7, 11) is 1.55. The molecular weight excluding hydrogens is 383 g/mol. The van der Waals surface area contributed by atoms with Crippen molar-refractivity contribution in [1.82, 2.24) is 14.5 Å². The van der Waals surface area contributed by atoms with Crippen molar-refractivity contribution in [3.05, 3.63) is 45.8 Å². The summed E-state index contributed by atoms with van der Waals surface area (Å²) >= 11 is 1.35. The summed E-state index contributed by atoms with van der Waals surface area (Å²) in [5.41, 5.74) is 4.83. The molecule has 0 aliphatic heterocycles. The van der Waals surface area contributed by atoms with Crippen LogP contribution in [0.4, 0.5) is 19.0 Å². The van der Waals surface area contributed by atoms with Crippen LogP contribution in [0.2, 0.25) is 0 Å². The zero-order chi connectivity index (χ0) is 19.6. The van der Waals surface area contributed by atoms with Gasteiger partial charge in [0.1, 0.15) is 10.8 Å². The van der Waals surface area contributed by atoms with Crippen molar-refractivity contribution in [2.75, 3.05) is 12.4 Å². The number of amides is 1. The highest BCUT2D eigenvalue weighted by molar-refractivity contribution is 7.09. The molecule has 3 rings (SSSR count). The number of halogens is 3. The fraction of sp³-hybridized carbons (Fsp3) is 0.312. The van der Waals surface area contributed by atoms with Gasteiger partial charge in [-0.05, 0) is 25.0 Å². The number of hydrogen-bond acceptors (Lipinski definition) is 6. The van der Waals surface area contributed by atoms with Gasteiger partial charge in [-0.1, -0.05) is 0 Å². The molecule has 144 valence electrons. The number of aromatic nitrogens is 3. The lowest BCUT2D eigenvalue weighted by Crippen LogP contribution is -2.20. The first-order chi connectivity index (χ1) is 12.8. The van der Waals surface area contributed by atoms with Crippen LogP contribution < -0.4 is 15.8 Å². The monoisotopic (exact) mass is 399 g/mol. The van der Waals surface area contributed by atoms with Gasteiger partial charge in [0.05, 0.1) is 6.54 Å². The third-order valence-corrected chi connectivity index (χ3v) is 4.59. The lowest BCUT2D eigenvalue weighted by atomic mass is 10.0. The first-order valence-corrected chi connectivity index (χ1v) is 8.79. The summed E-state index contributed by atoms with van der Waals surface area (Å²) in [6, 6.07) is -0.0470. The topological polar surface area (TPSA) is 95.1 Å². The van der Waals surface area contributed by atoms with Gasteiger partial charge in [-0.3, -0.25) is 9.36 Å². The van der Waals surface area contributed by atoms with E-state index in [-0.39, 0.29) is 42.7 Å². The molecule has 0 fully saturated rings. The molecule has 1 amide bonds. The van der Waals surface area contributed by atoms with Crippen molar-refractivity contribution in [2.24, 2.45) is 5.73 Å². The van der Waals surface area contributed by atoms with Crippen LogP contribution in [-0.2, 0) is 6.54 Å². The molecule has 0 aromatic carbocycles. The summed E-state index contributed by atoms with van der Waals surface area (Å²) in [5.74, 6) is -0.564. The van der Waals surface area contributed by atoms with E-state index in [0.29, 0.717) is 5.01 Å². The number of thiazole rings is 1. The standard InChI is InChI=1S/C16H16F3N5O2S/c1-21-14-12(13(20)25)24(8-11-22-5-6-27-11)15(23-14)26-10-4-2-3-9(7-10)16(17,18)19/h4-7,21H,2-3,8H2,1H3,(H2,20,25). The predicted molar refractivity (Wildman–Crippen MR) is 93.6 cm³/mol. The zero-order valence-corrected chi connectivity index (χ0v) is 15.0. The molecule has 0 atom stereocenters. The lowest BCUT2D eigenvalue weighted by molar-refractivity contribution is -0.0943.